The maximum Gasteiger partial charge on any atom is 0.251 e. The zero-order valence-electron chi connectivity index (χ0n) is 20.7. The van der Waals surface area contributed by atoms with Crippen LogP contribution in [0.1, 0.15) is 48.0 Å². The maximum atomic E-state index is 15.3. The van der Waals surface area contributed by atoms with E-state index >= 15 is 4.39 Å². The Morgan fingerprint density at radius 3 is 2.87 bits per heavy atom. The molecule has 2 aromatic heterocycles. The minimum absolute atomic E-state index is 0.138. The standard InChI is InChI=1S/C29H22ClFN6O2/c30-18-5-6-24(36-14-32-34-35-36)19(11-18)17-8-25-21-12-22(21)28(37(25)27(38)10-17)23-13-20(29(31)33-23)16-4-3-15-2-1-7-39-26(15)9-16/h3-6,8-11,14,21-22,28H,1-2,7,12-13H2. The Labute approximate surface area is 227 Å². The molecule has 3 unspecified atom stereocenters. The van der Waals surface area contributed by atoms with Crippen molar-refractivity contribution in [3.05, 3.63) is 93.0 Å². The molecule has 0 amide bonds. The number of halogens is 2. The lowest BCUT2D eigenvalue weighted by atomic mass is 9.95. The van der Waals surface area contributed by atoms with Crippen LogP contribution < -0.4 is 10.3 Å². The van der Waals surface area contributed by atoms with Crippen LogP contribution in [0.25, 0.3) is 22.4 Å². The van der Waals surface area contributed by atoms with Gasteiger partial charge in [0, 0.05) is 46.0 Å². The summed E-state index contributed by atoms with van der Waals surface area (Å²) in [5.74, 6) is 0.835. The Morgan fingerprint density at radius 2 is 2.00 bits per heavy atom. The Morgan fingerprint density at radius 1 is 1.08 bits per heavy atom. The van der Waals surface area contributed by atoms with Crippen LogP contribution in [0.3, 0.4) is 0 Å². The molecule has 8 nitrogen and oxygen atoms in total. The Hall–Kier alpha value is -4.11. The fraction of sp³-hybridized carbons (Fsp3) is 0.276. The molecule has 1 aliphatic carbocycles. The molecule has 0 radical (unpaired) electrons. The first-order valence-electron chi connectivity index (χ1n) is 13.1. The van der Waals surface area contributed by atoms with E-state index in [9.17, 15) is 4.79 Å². The number of allylic oxidation sites excluding steroid dienone is 1. The van der Waals surface area contributed by atoms with Gasteiger partial charge in [-0.05, 0) is 82.6 Å². The average molecular weight is 541 g/mol. The summed E-state index contributed by atoms with van der Waals surface area (Å²) in [6.07, 6.45) is 4.80. The van der Waals surface area contributed by atoms with Crippen molar-refractivity contribution in [2.45, 2.75) is 37.6 Å². The molecular formula is C29H22ClFN6O2. The lowest BCUT2D eigenvalue weighted by Gasteiger charge is -2.20. The highest BCUT2D eigenvalue weighted by atomic mass is 35.5. The number of aromatic nitrogens is 5. The van der Waals surface area contributed by atoms with E-state index in [0.717, 1.165) is 58.6 Å². The van der Waals surface area contributed by atoms with Gasteiger partial charge in [0.2, 0.25) is 5.95 Å². The fourth-order valence-corrected chi connectivity index (χ4v) is 6.62. The van der Waals surface area contributed by atoms with Crippen LogP contribution in [0.4, 0.5) is 4.39 Å². The number of benzene rings is 2. The molecule has 39 heavy (non-hydrogen) atoms. The zero-order valence-corrected chi connectivity index (χ0v) is 21.5. The normalized spacial score (nSPS) is 22.7. The molecule has 3 atom stereocenters. The third kappa shape index (κ3) is 3.60. The quantitative estimate of drug-likeness (QED) is 0.327. The van der Waals surface area contributed by atoms with E-state index in [0.29, 0.717) is 29.3 Å². The van der Waals surface area contributed by atoms with E-state index in [1.165, 1.54) is 6.33 Å². The van der Waals surface area contributed by atoms with Crippen molar-refractivity contribution in [2.75, 3.05) is 6.61 Å². The molecule has 1 fully saturated rings. The van der Waals surface area contributed by atoms with Crippen molar-refractivity contribution in [3.63, 3.8) is 0 Å². The Bertz CT molecular complexity index is 1790. The number of hydrogen-bond acceptors (Lipinski definition) is 6. The summed E-state index contributed by atoms with van der Waals surface area (Å²) in [6.45, 7) is 0.680. The number of aliphatic imine (C=N–C) groups is 1. The summed E-state index contributed by atoms with van der Waals surface area (Å²) < 4.78 is 24.4. The lowest BCUT2D eigenvalue weighted by Crippen LogP contribution is -2.29. The van der Waals surface area contributed by atoms with Crippen LogP contribution in [-0.2, 0) is 6.42 Å². The topological polar surface area (TPSA) is 87.2 Å². The summed E-state index contributed by atoms with van der Waals surface area (Å²) in [5.41, 5.74) is 6.26. The maximum absolute atomic E-state index is 15.3. The molecule has 2 aromatic carbocycles. The van der Waals surface area contributed by atoms with Gasteiger partial charge in [0.05, 0.1) is 18.3 Å². The van der Waals surface area contributed by atoms with E-state index in [1.807, 2.05) is 41.0 Å². The Balaban J connectivity index is 1.14. The highest BCUT2D eigenvalue weighted by Crippen LogP contribution is 2.60. The second-order valence-corrected chi connectivity index (χ2v) is 11.0. The van der Waals surface area contributed by atoms with Crippen LogP contribution in [0.15, 0.2) is 70.6 Å². The van der Waals surface area contributed by atoms with E-state index < -0.39 is 5.95 Å². The van der Waals surface area contributed by atoms with Crippen molar-refractivity contribution >= 4 is 22.9 Å². The summed E-state index contributed by atoms with van der Waals surface area (Å²) >= 11 is 6.34. The van der Waals surface area contributed by atoms with Gasteiger partial charge in [-0.25, -0.2) is 4.99 Å². The van der Waals surface area contributed by atoms with Crippen molar-refractivity contribution in [3.8, 4) is 22.6 Å². The summed E-state index contributed by atoms with van der Waals surface area (Å²) in [5, 5.41) is 12.0. The van der Waals surface area contributed by atoms with Gasteiger partial charge in [-0.1, -0.05) is 23.7 Å². The molecule has 10 heteroatoms. The third-order valence-electron chi connectivity index (χ3n) is 8.32. The number of aryl methyl sites for hydroxylation is 1. The summed E-state index contributed by atoms with van der Waals surface area (Å²) in [6, 6.07) is 14.7. The van der Waals surface area contributed by atoms with Gasteiger partial charge in [0.25, 0.3) is 5.56 Å². The predicted octanol–water partition coefficient (Wildman–Crippen LogP) is 5.31. The van der Waals surface area contributed by atoms with Crippen LogP contribution in [-0.4, -0.2) is 37.1 Å². The predicted molar refractivity (Wildman–Crippen MR) is 144 cm³/mol. The molecule has 4 aromatic rings. The molecule has 3 aliphatic heterocycles. The van der Waals surface area contributed by atoms with Crippen molar-refractivity contribution in [1.29, 1.82) is 0 Å². The average Bonchev–Trinajstić information content (AvgIpc) is 3.25. The van der Waals surface area contributed by atoms with Crippen molar-refractivity contribution in [1.82, 2.24) is 24.8 Å². The van der Waals surface area contributed by atoms with Gasteiger partial charge in [-0.3, -0.25) is 4.79 Å². The second-order valence-electron chi connectivity index (χ2n) is 10.6. The first kappa shape index (κ1) is 22.8. The number of tetrazole rings is 1. The van der Waals surface area contributed by atoms with Gasteiger partial charge in [0.15, 0.2) is 0 Å². The van der Waals surface area contributed by atoms with Crippen LogP contribution in [0.2, 0.25) is 5.02 Å². The second kappa shape index (κ2) is 8.44. The molecule has 4 aliphatic rings. The minimum atomic E-state index is -0.471. The summed E-state index contributed by atoms with van der Waals surface area (Å²) in [7, 11) is 0. The van der Waals surface area contributed by atoms with Gasteiger partial charge in [-0.15, -0.1) is 5.10 Å². The molecule has 1 saturated carbocycles. The van der Waals surface area contributed by atoms with Gasteiger partial charge < -0.3 is 9.30 Å². The number of ether oxygens (including phenoxy) is 1. The molecule has 0 N–H and O–H groups in total. The van der Waals surface area contributed by atoms with E-state index in [4.69, 9.17) is 16.3 Å². The number of pyridine rings is 1. The third-order valence-corrected chi connectivity index (χ3v) is 8.56. The van der Waals surface area contributed by atoms with Gasteiger partial charge in [-0.2, -0.15) is 9.07 Å². The minimum Gasteiger partial charge on any atom is -0.493 e. The van der Waals surface area contributed by atoms with Crippen molar-refractivity contribution < 1.29 is 9.13 Å². The van der Waals surface area contributed by atoms with Crippen LogP contribution >= 0.6 is 11.6 Å². The van der Waals surface area contributed by atoms with E-state index in [1.54, 1.807) is 16.8 Å². The molecule has 0 saturated heterocycles. The van der Waals surface area contributed by atoms with Crippen LogP contribution in [0.5, 0.6) is 5.75 Å². The zero-order chi connectivity index (χ0) is 26.2. The largest absolute Gasteiger partial charge is 0.493 e. The lowest BCUT2D eigenvalue weighted by molar-refractivity contribution is 0.288. The highest BCUT2D eigenvalue weighted by molar-refractivity contribution is 6.31. The van der Waals surface area contributed by atoms with Crippen molar-refractivity contribution in [2.24, 2.45) is 10.9 Å². The SMILES string of the molecule is O=c1cc(-c2cc(Cl)ccc2-n2cnnn2)cc2n1C(C1=NC(F)=C(c3ccc4c(c3)OCCC4)C1)C1CC21. The first-order valence-corrected chi connectivity index (χ1v) is 13.4. The molecule has 0 spiro atoms. The first-order chi connectivity index (χ1) is 19.0. The fourth-order valence-electron chi connectivity index (χ4n) is 6.45. The number of fused-ring (bicyclic) bond motifs is 4. The van der Waals surface area contributed by atoms with Crippen LogP contribution in [0, 0.1) is 5.92 Å². The number of hydrogen-bond donors (Lipinski definition) is 0. The molecular weight excluding hydrogens is 519 g/mol. The monoisotopic (exact) mass is 540 g/mol. The van der Waals surface area contributed by atoms with E-state index in [2.05, 4.69) is 20.5 Å². The van der Waals surface area contributed by atoms with Gasteiger partial charge in [0.1, 0.15) is 12.1 Å². The number of nitrogens with zero attached hydrogens (tertiary/aromatic N) is 6. The molecule has 0 bridgehead atoms. The Kier molecular flexibility index (Phi) is 4.94. The molecule has 194 valence electrons. The molecule has 8 rings (SSSR count). The number of rotatable bonds is 4. The molecule has 5 heterocycles. The van der Waals surface area contributed by atoms with Gasteiger partial charge >= 0.3 is 0 Å². The smallest absolute Gasteiger partial charge is 0.251 e. The summed E-state index contributed by atoms with van der Waals surface area (Å²) in [4.78, 5) is 18.0. The highest BCUT2D eigenvalue weighted by Gasteiger charge is 2.55. The van der Waals surface area contributed by atoms with E-state index in [-0.39, 0.29) is 23.4 Å².